The summed E-state index contributed by atoms with van der Waals surface area (Å²) in [6, 6.07) is 8.00. The molecule has 0 fully saturated rings. The molecule has 0 aromatic heterocycles. The van der Waals surface area contributed by atoms with Gasteiger partial charge in [0, 0.05) is 5.92 Å². The average molecular weight is 306 g/mol. The summed E-state index contributed by atoms with van der Waals surface area (Å²) in [7, 11) is -10.2. The Labute approximate surface area is 111 Å². The summed E-state index contributed by atoms with van der Waals surface area (Å²) in [6.45, 7) is 4.33. The van der Waals surface area contributed by atoms with E-state index >= 15 is 0 Å². The number of rotatable bonds is 5. The molecule has 1 unspecified atom stereocenters. The van der Waals surface area contributed by atoms with Crippen molar-refractivity contribution >= 4 is 15.2 Å². The van der Waals surface area contributed by atoms with Crippen LogP contribution in [0, 0.1) is 0 Å². The quantitative estimate of drug-likeness (QED) is 0.489. The maximum atomic E-state index is 11.6. The predicted molar refractivity (Wildman–Crippen MR) is 71.9 cm³/mol. The van der Waals surface area contributed by atoms with Crippen molar-refractivity contribution in [3.8, 4) is 0 Å². The van der Waals surface area contributed by atoms with Gasteiger partial charge in [0.15, 0.2) is 4.90 Å². The van der Waals surface area contributed by atoms with Crippen LogP contribution < -0.4 is 0 Å². The topological polar surface area (TPSA) is 115 Å². The molecule has 0 radical (unpaired) electrons. The molecule has 1 aromatic carbocycles. The molecule has 1 atom stereocenters. The standard InChI is InChI=1S/C11H16O6P2/c1-3-10(9-7-5-4-6-8-9)11(2,18(12,13)14)19(15,16)17/h3-8,10H,1H2,2H3,(H2,12,13,14)(H2,15,16,17). The van der Waals surface area contributed by atoms with Crippen LogP contribution in [0.15, 0.2) is 43.0 Å². The Balaban J connectivity index is 3.53. The Morgan fingerprint density at radius 3 is 1.84 bits per heavy atom. The van der Waals surface area contributed by atoms with Crippen molar-refractivity contribution in [2.75, 3.05) is 0 Å². The van der Waals surface area contributed by atoms with Crippen molar-refractivity contribution in [2.45, 2.75) is 17.7 Å². The molecule has 0 saturated carbocycles. The second-order valence-electron chi connectivity index (χ2n) is 4.31. The van der Waals surface area contributed by atoms with Crippen LogP contribution in [0.1, 0.15) is 18.4 Å². The second-order valence-corrected chi connectivity index (χ2v) is 8.69. The highest BCUT2D eigenvalue weighted by Crippen LogP contribution is 2.73. The van der Waals surface area contributed by atoms with E-state index in [1.54, 1.807) is 18.2 Å². The molecule has 19 heavy (non-hydrogen) atoms. The predicted octanol–water partition coefficient (Wildman–Crippen LogP) is 2.03. The molecule has 106 valence electrons. The maximum absolute atomic E-state index is 11.6. The summed E-state index contributed by atoms with van der Waals surface area (Å²) in [6.07, 6.45) is 1.15. The number of allylic oxidation sites excluding steroid dienone is 1. The Kier molecular flexibility index (Phi) is 4.58. The van der Waals surface area contributed by atoms with Crippen molar-refractivity contribution in [2.24, 2.45) is 0 Å². The van der Waals surface area contributed by atoms with E-state index in [0.717, 1.165) is 13.0 Å². The highest BCUT2D eigenvalue weighted by atomic mass is 31.2. The molecular weight excluding hydrogens is 290 g/mol. The van der Waals surface area contributed by atoms with Crippen LogP contribution in [-0.2, 0) is 9.13 Å². The van der Waals surface area contributed by atoms with Crippen LogP contribution in [0.5, 0.6) is 0 Å². The van der Waals surface area contributed by atoms with Crippen LogP contribution >= 0.6 is 15.2 Å². The molecule has 1 rings (SSSR count). The van der Waals surface area contributed by atoms with Crippen molar-refractivity contribution in [3.05, 3.63) is 48.6 Å². The lowest BCUT2D eigenvalue weighted by atomic mass is 9.96. The smallest absolute Gasteiger partial charge is 0.324 e. The minimum atomic E-state index is -5.08. The van der Waals surface area contributed by atoms with Gasteiger partial charge in [-0.15, -0.1) is 6.58 Å². The molecule has 0 bridgehead atoms. The number of hydrogen-bond donors (Lipinski definition) is 4. The lowest BCUT2D eigenvalue weighted by Gasteiger charge is -2.36. The minimum Gasteiger partial charge on any atom is -0.324 e. The van der Waals surface area contributed by atoms with Crippen LogP contribution in [0.3, 0.4) is 0 Å². The highest BCUT2D eigenvalue weighted by molar-refractivity contribution is 7.72. The van der Waals surface area contributed by atoms with Gasteiger partial charge in [-0.1, -0.05) is 36.4 Å². The maximum Gasteiger partial charge on any atom is 0.344 e. The third kappa shape index (κ3) is 2.90. The van der Waals surface area contributed by atoms with E-state index in [-0.39, 0.29) is 0 Å². The van der Waals surface area contributed by atoms with Gasteiger partial charge < -0.3 is 19.6 Å². The van der Waals surface area contributed by atoms with E-state index in [1.165, 1.54) is 12.1 Å². The summed E-state index contributed by atoms with van der Waals surface area (Å²) >= 11 is 0. The molecule has 0 amide bonds. The summed E-state index contributed by atoms with van der Waals surface area (Å²) in [5, 5.41) is 0. The summed E-state index contributed by atoms with van der Waals surface area (Å²) in [5.41, 5.74) is 0.381. The lowest BCUT2D eigenvalue weighted by Crippen LogP contribution is -2.32. The third-order valence-electron chi connectivity index (χ3n) is 3.16. The average Bonchev–Trinajstić information content (AvgIpc) is 2.28. The molecule has 1 aromatic rings. The van der Waals surface area contributed by atoms with Gasteiger partial charge in [-0.2, -0.15) is 0 Å². The molecule has 0 aliphatic heterocycles. The third-order valence-corrected chi connectivity index (χ3v) is 7.64. The van der Waals surface area contributed by atoms with Gasteiger partial charge in [0.05, 0.1) is 0 Å². The fourth-order valence-electron chi connectivity index (χ4n) is 1.87. The van der Waals surface area contributed by atoms with Crippen LogP contribution in [0.2, 0.25) is 0 Å². The van der Waals surface area contributed by atoms with Crippen LogP contribution in [-0.4, -0.2) is 24.5 Å². The van der Waals surface area contributed by atoms with Crippen LogP contribution in [0.4, 0.5) is 0 Å². The van der Waals surface area contributed by atoms with E-state index < -0.39 is 26.0 Å². The fourth-order valence-corrected chi connectivity index (χ4v) is 4.46. The van der Waals surface area contributed by atoms with Crippen LogP contribution in [0.25, 0.3) is 0 Å². The van der Waals surface area contributed by atoms with Crippen molar-refractivity contribution in [1.82, 2.24) is 0 Å². The molecule has 0 heterocycles. The molecule has 0 aliphatic carbocycles. The first-order chi connectivity index (χ1) is 8.55. The fraction of sp³-hybridized carbons (Fsp3) is 0.273. The molecule has 0 saturated heterocycles. The molecule has 0 aliphatic rings. The Morgan fingerprint density at radius 1 is 1.11 bits per heavy atom. The Hall–Kier alpha value is -0.740. The molecule has 4 N–H and O–H groups in total. The molecule has 0 spiro atoms. The summed E-state index contributed by atoms with van der Waals surface area (Å²) in [4.78, 5) is 35.1. The van der Waals surface area contributed by atoms with Gasteiger partial charge in [0.2, 0.25) is 0 Å². The first-order valence-corrected chi connectivity index (χ1v) is 8.57. The normalized spacial score (nSPS) is 15.0. The van der Waals surface area contributed by atoms with Crippen molar-refractivity contribution in [1.29, 1.82) is 0 Å². The van der Waals surface area contributed by atoms with Gasteiger partial charge in [0.1, 0.15) is 0 Å². The lowest BCUT2D eigenvalue weighted by molar-refractivity contribution is 0.305. The Morgan fingerprint density at radius 2 is 1.53 bits per heavy atom. The summed E-state index contributed by atoms with van der Waals surface area (Å²) < 4.78 is 23.3. The van der Waals surface area contributed by atoms with Gasteiger partial charge in [0.25, 0.3) is 0 Å². The van der Waals surface area contributed by atoms with Crippen molar-refractivity contribution < 1.29 is 28.7 Å². The second kappa shape index (κ2) is 5.33. The van der Waals surface area contributed by atoms with Gasteiger partial charge in [-0.25, -0.2) is 0 Å². The van der Waals surface area contributed by atoms with Gasteiger partial charge >= 0.3 is 15.2 Å². The monoisotopic (exact) mass is 306 g/mol. The zero-order chi connectivity index (χ0) is 14.9. The molecule has 6 nitrogen and oxygen atoms in total. The van der Waals surface area contributed by atoms with E-state index in [1.807, 2.05) is 0 Å². The summed E-state index contributed by atoms with van der Waals surface area (Å²) in [5.74, 6) is -1.17. The zero-order valence-corrected chi connectivity index (χ0v) is 12.0. The van der Waals surface area contributed by atoms with Gasteiger partial charge in [-0.3, -0.25) is 9.13 Å². The number of benzene rings is 1. The molecular formula is C11H16O6P2. The molecule has 8 heteroatoms. The first-order valence-electron chi connectivity index (χ1n) is 5.34. The number of hydrogen-bond acceptors (Lipinski definition) is 2. The van der Waals surface area contributed by atoms with Crippen molar-refractivity contribution in [3.63, 3.8) is 0 Å². The van der Waals surface area contributed by atoms with E-state index in [0.29, 0.717) is 5.56 Å². The largest absolute Gasteiger partial charge is 0.344 e. The van der Waals surface area contributed by atoms with E-state index in [4.69, 9.17) is 0 Å². The Bertz CT molecular complexity index is 522. The first kappa shape index (κ1) is 16.3. The van der Waals surface area contributed by atoms with E-state index in [9.17, 15) is 28.7 Å². The van der Waals surface area contributed by atoms with Gasteiger partial charge in [-0.05, 0) is 12.5 Å². The van der Waals surface area contributed by atoms with E-state index in [2.05, 4.69) is 6.58 Å². The minimum absolute atomic E-state index is 0.381. The SMILES string of the molecule is C=CC(c1ccccc1)C(C)(P(=O)(O)O)P(=O)(O)O. The highest BCUT2D eigenvalue weighted by Gasteiger charge is 2.60. The zero-order valence-electron chi connectivity index (χ0n) is 10.2.